The predicted molar refractivity (Wildman–Crippen MR) is 59.2 cm³/mol. The standard InChI is InChI=1S/C9H12N2O4S/c1-10-8-4-3-6(16(14,15)11-2)5-7(8)9(12)13/h3-5,10-11H,1-2H3,(H,12,13). The zero-order chi connectivity index (χ0) is 12.3. The van der Waals surface area contributed by atoms with E-state index in [9.17, 15) is 13.2 Å². The summed E-state index contributed by atoms with van der Waals surface area (Å²) < 4.78 is 25.0. The molecule has 0 radical (unpaired) electrons. The summed E-state index contributed by atoms with van der Waals surface area (Å²) in [6.07, 6.45) is 0. The van der Waals surface area contributed by atoms with Gasteiger partial charge in [0.15, 0.2) is 0 Å². The van der Waals surface area contributed by atoms with Crippen LogP contribution in [0.1, 0.15) is 10.4 Å². The zero-order valence-corrected chi connectivity index (χ0v) is 9.63. The molecule has 0 fully saturated rings. The Hall–Kier alpha value is -1.60. The molecule has 3 N–H and O–H groups in total. The molecule has 0 unspecified atom stereocenters. The zero-order valence-electron chi connectivity index (χ0n) is 8.81. The smallest absolute Gasteiger partial charge is 0.337 e. The number of aromatic carboxylic acids is 1. The largest absolute Gasteiger partial charge is 0.478 e. The van der Waals surface area contributed by atoms with Gasteiger partial charge < -0.3 is 10.4 Å². The van der Waals surface area contributed by atoms with Crippen molar-refractivity contribution in [1.82, 2.24) is 4.72 Å². The summed E-state index contributed by atoms with van der Waals surface area (Å²) in [5, 5.41) is 11.6. The molecule has 0 aliphatic heterocycles. The van der Waals surface area contributed by atoms with Crippen LogP contribution in [0.2, 0.25) is 0 Å². The molecular formula is C9H12N2O4S. The van der Waals surface area contributed by atoms with Gasteiger partial charge in [0.25, 0.3) is 0 Å². The second kappa shape index (κ2) is 4.50. The fourth-order valence-corrected chi connectivity index (χ4v) is 1.96. The number of anilines is 1. The number of benzene rings is 1. The highest BCUT2D eigenvalue weighted by Gasteiger charge is 2.16. The van der Waals surface area contributed by atoms with Crippen LogP contribution < -0.4 is 10.0 Å². The molecule has 0 saturated heterocycles. The van der Waals surface area contributed by atoms with Crippen molar-refractivity contribution in [2.24, 2.45) is 0 Å². The second-order valence-electron chi connectivity index (χ2n) is 2.97. The van der Waals surface area contributed by atoms with Gasteiger partial charge in [-0.2, -0.15) is 0 Å². The number of rotatable bonds is 4. The quantitative estimate of drug-likeness (QED) is 0.709. The van der Waals surface area contributed by atoms with Gasteiger partial charge in [-0.3, -0.25) is 0 Å². The molecular weight excluding hydrogens is 232 g/mol. The predicted octanol–water partition coefficient (Wildman–Crippen LogP) is 0.335. The Labute approximate surface area is 93.3 Å². The van der Waals surface area contributed by atoms with E-state index in [-0.39, 0.29) is 10.5 Å². The molecule has 6 nitrogen and oxygen atoms in total. The van der Waals surface area contributed by atoms with Crippen molar-refractivity contribution in [2.45, 2.75) is 4.90 Å². The summed E-state index contributed by atoms with van der Waals surface area (Å²) in [6, 6.07) is 3.86. The number of carboxylic acids is 1. The average Bonchev–Trinajstić information content (AvgIpc) is 2.28. The normalized spacial score (nSPS) is 11.1. The van der Waals surface area contributed by atoms with Crippen molar-refractivity contribution < 1.29 is 18.3 Å². The Morgan fingerprint density at radius 1 is 1.31 bits per heavy atom. The van der Waals surface area contributed by atoms with Crippen LogP contribution in [0.3, 0.4) is 0 Å². The second-order valence-corrected chi connectivity index (χ2v) is 4.86. The van der Waals surface area contributed by atoms with Crippen LogP contribution >= 0.6 is 0 Å². The fraction of sp³-hybridized carbons (Fsp3) is 0.222. The molecule has 1 aromatic carbocycles. The Morgan fingerprint density at radius 3 is 2.38 bits per heavy atom. The van der Waals surface area contributed by atoms with Gasteiger partial charge in [0.1, 0.15) is 0 Å². The van der Waals surface area contributed by atoms with E-state index in [1.165, 1.54) is 19.2 Å². The maximum absolute atomic E-state index is 11.5. The van der Waals surface area contributed by atoms with E-state index in [0.717, 1.165) is 6.07 Å². The number of carboxylic acid groups (broad SMARTS) is 1. The lowest BCUT2D eigenvalue weighted by Crippen LogP contribution is -2.19. The van der Waals surface area contributed by atoms with Gasteiger partial charge in [-0.15, -0.1) is 0 Å². The van der Waals surface area contributed by atoms with Crippen molar-refractivity contribution in [1.29, 1.82) is 0 Å². The fourth-order valence-electron chi connectivity index (χ4n) is 1.20. The summed E-state index contributed by atoms with van der Waals surface area (Å²) in [4.78, 5) is 10.8. The maximum atomic E-state index is 11.5. The monoisotopic (exact) mass is 244 g/mol. The summed E-state index contributed by atoms with van der Waals surface area (Å²) in [6.45, 7) is 0. The Balaban J connectivity index is 3.39. The summed E-state index contributed by atoms with van der Waals surface area (Å²) in [5.74, 6) is -1.18. The molecule has 0 heterocycles. The van der Waals surface area contributed by atoms with Gasteiger partial charge >= 0.3 is 5.97 Å². The number of carbonyl (C=O) groups is 1. The third-order valence-corrected chi connectivity index (χ3v) is 3.48. The lowest BCUT2D eigenvalue weighted by atomic mass is 10.2. The van der Waals surface area contributed by atoms with Crippen LogP contribution in [-0.4, -0.2) is 33.6 Å². The molecule has 0 bridgehead atoms. The van der Waals surface area contributed by atoms with E-state index in [0.29, 0.717) is 5.69 Å². The van der Waals surface area contributed by atoms with Gasteiger partial charge in [0.05, 0.1) is 10.5 Å². The van der Waals surface area contributed by atoms with Crippen molar-refractivity contribution in [3.05, 3.63) is 23.8 Å². The minimum absolute atomic E-state index is 0.0774. The molecule has 0 saturated carbocycles. The van der Waals surface area contributed by atoms with Gasteiger partial charge in [-0.1, -0.05) is 0 Å². The molecule has 0 amide bonds. The van der Waals surface area contributed by atoms with Crippen LogP contribution in [0.15, 0.2) is 23.1 Å². The van der Waals surface area contributed by atoms with E-state index in [4.69, 9.17) is 5.11 Å². The minimum Gasteiger partial charge on any atom is -0.478 e. The van der Waals surface area contributed by atoms with Crippen LogP contribution in [0.25, 0.3) is 0 Å². The van der Waals surface area contributed by atoms with E-state index in [2.05, 4.69) is 10.0 Å². The summed E-state index contributed by atoms with van der Waals surface area (Å²) in [7, 11) is -0.791. The van der Waals surface area contributed by atoms with Gasteiger partial charge in [-0.05, 0) is 25.2 Å². The molecule has 1 rings (SSSR count). The highest BCUT2D eigenvalue weighted by atomic mass is 32.2. The van der Waals surface area contributed by atoms with Crippen molar-refractivity contribution in [2.75, 3.05) is 19.4 Å². The van der Waals surface area contributed by atoms with Crippen molar-refractivity contribution in [3.63, 3.8) is 0 Å². The van der Waals surface area contributed by atoms with Gasteiger partial charge in [-0.25, -0.2) is 17.9 Å². The molecule has 0 spiro atoms. The van der Waals surface area contributed by atoms with Gasteiger partial charge in [0, 0.05) is 12.7 Å². The first kappa shape index (κ1) is 12.5. The lowest BCUT2D eigenvalue weighted by Gasteiger charge is -2.08. The number of nitrogens with one attached hydrogen (secondary N) is 2. The third-order valence-electron chi connectivity index (χ3n) is 2.07. The Bertz CT molecular complexity index is 510. The molecule has 0 aliphatic carbocycles. The first-order valence-electron chi connectivity index (χ1n) is 4.41. The topological polar surface area (TPSA) is 95.5 Å². The molecule has 1 aromatic rings. The van der Waals surface area contributed by atoms with Crippen molar-refractivity contribution >= 4 is 21.7 Å². The molecule has 0 atom stereocenters. The Morgan fingerprint density at radius 2 is 1.94 bits per heavy atom. The number of sulfonamides is 1. The van der Waals surface area contributed by atoms with Crippen molar-refractivity contribution in [3.8, 4) is 0 Å². The molecule has 7 heteroatoms. The van der Waals surface area contributed by atoms with Crippen LogP contribution in [0.4, 0.5) is 5.69 Å². The third kappa shape index (κ3) is 2.31. The molecule has 0 aromatic heterocycles. The van der Waals surface area contributed by atoms with Crippen LogP contribution in [0.5, 0.6) is 0 Å². The molecule has 0 aliphatic rings. The van der Waals surface area contributed by atoms with E-state index >= 15 is 0 Å². The summed E-state index contributed by atoms with van der Waals surface area (Å²) in [5.41, 5.74) is 0.279. The van der Waals surface area contributed by atoms with E-state index in [1.807, 2.05) is 0 Å². The highest BCUT2D eigenvalue weighted by Crippen LogP contribution is 2.19. The average molecular weight is 244 g/mol. The van der Waals surface area contributed by atoms with Gasteiger partial charge in [0.2, 0.25) is 10.0 Å². The Kier molecular flexibility index (Phi) is 3.51. The van der Waals surface area contributed by atoms with Crippen LogP contribution in [-0.2, 0) is 10.0 Å². The highest BCUT2D eigenvalue weighted by molar-refractivity contribution is 7.89. The van der Waals surface area contributed by atoms with Crippen LogP contribution in [0, 0.1) is 0 Å². The first-order valence-corrected chi connectivity index (χ1v) is 5.89. The minimum atomic E-state index is -3.62. The maximum Gasteiger partial charge on any atom is 0.337 e. The molecule has 16 heavy (non-hydrogen) atoms. The van der Waals surface area contributed by atoms with E-state index < -0.39 is 16.0 Å². The lowest BCUT2D eigenvalue weighted by molar-refractivity contribution is 0.0697. The van der Waals surface area contributed by atoms with E-state index in [1.54, 1.807) is 7.05 Å². The number of hydrogen-bond acceptors (Lipinski definition) is 4. The molecule has 88 valence electrons. The first-order chi connectivity index (χ1) is 7.42. The number of hydrogen-bond donors (Lipinski definition) is 3. The SMILES string of the molecule is CNc1ccc(S(=O)(=O)NC)cc1C(=O)O. The summed E-state index contributed by atoms with van der Waals surface area (Å²) >= 11 is 0.